The number of carbonyl (C=O) groups excluding carboxylic acids is 1. The van der Waals surface area contributed by atoms with Gasteiger partial charge in [0, 0.05) is 55.7 Å². The van der Waals surface area contributed by atoms with Gasteiger partial charge >= 0.3 is 0 Å². The van der Waals surface area contributed by atoms with Crippen LogP contribution >= 0.6 is 0 Å². The van der Waals surface area contributed by atoms with Crippen LogP contribution < -0.4 is 15.5 Å². The van der Waals surface area contributed by atoms with Crippen molar-refractivity contribution in [1.82, 2.24) is 25.6 Å². The number of nitrogens with zero attached hydrogens (tertiary/aromatic N) is 3. The molecule has 4 rings (SSSR count). The van der Waals surface area contributed by atoms with E-state index in [-0.39, 0.29) is 11.7 Å². The van der Waals surface area contributed by atoms with E-state index >= 15 is 0 Å². The molecule has 0 unspecified atom stereocenters. The fraction of sp³-hybridized carbons (Fsp3) is 0.381. The maximum Gasteiger partial charge on any atom is 0.288 e. The maximum atomic E-state index is 12.0. The number of hydrogen-bond donors (Lipinski definition) is 3. The summed E-state index contributed by atoms with van der Waals surface area (Å²) in [7, 11) is 1.60. The van der Waals surface area contributed by atoms with Crippen LogP contribution in [-0.4, -0.2) is 47.0 Å². The number of anilines is 1. The Kier molecular flexibility index (Phi) is 5.00. The number of rotatable bonds is 5. The molecule has 7 heteroatoms. The molecule has 0 spiro atoms. The Morgan fingerprint density at radius 1 is 1.29 bits per heavy atom. The summed E-state index contributed by atoms with van der Waals surface area (Å²) >= 11 is 0. The van der Waals surface area contributed by atoms with E-state index in [1.54, 1.807) is 7.05 Å². The molecular formula is C21H26N6O. The third-order valence-electron chi connectivity index (χ3n) is 5.50. The highest BCUT2D eigenvalue weighted by molar-refractivity contribution is 5.90. The second kappa shape index (κ2) is 7.59. The summed E-state index contributed by atoms with van der Waals surface area (Å²) in [5.41, 5.74) is 4.32. The van der Waals surface area contributed by atoms with E-state index < -0.39 is 0 Å². The quantitative estimate of drug-likeness (QED) is 0.634. The lowest BCUT2D eigenvalue weighted by Gasteiger charge is -2.21. The van der Waals surface area contributed by atoms with Gasteiger partial charge in [0.05, 0.1) is 0 Å². The predicted octanol–water partition coefficient (Wildman–Crippen LogP) is 2.30. The summed E-state index contributed by atoms with van der Waals surface area (Å²) in [4.78, 5) is 26.3. The zero-order chi connectivity index (χ0) is 19.7. The molecule has 0 saturated carbocycles. The van der Waals surface area contributed by atoms with E-state index in [1.807, 2.05) is 20.0 Å². The van der Waals surface area contributed by atoms with Gasteiger partial charge in [-0.05, 0) is 43.4 Å². The van der Waals surface area contributed by atoms with Gasteiger partial charge in [0.15, 0.2) is 0 Å². The van der Waals surface area contributed by atoms with Crippen LogP contribution in [0.4, 0.5) is 5.82 Å². The Hall–Kier alpha value is -2.93. The van der Waals surface area contributed by atoms with Crippen molar-refractivity contribution in [3.63, 3.8) is 0 Å². The number of carbonyl (C=O) groups is 1. The van der Waals surface area contributed by atoms with Gasteiger partial charge in [-0.15, -0.1) is 0 Å². The topological polar surface area (TPSA) is 85.9 Å². The molecule has 146 valence electrons. The molecule has 0 aliphatic carbocycles. The van der Waals surface area contributed by atoms with Crippen LogP contribution in [0.25, 0.3) is 10.9 Å². The fourth-order valence-electron chi connectivity index (χ4n) is 3.72. The molecule has 1 aliphatic rings. The smallest absolute Gasteiger partial charge is 0.288 e. The Balaban J connectivity index is 1.43. The third kappa shape index (κ3) is 3.57. The molecule has 1 fully saturated rings. The number of H-pyrrole nitrogens is 1. The van der Waals surface area contributed by atoms with Gasteiger partial charge in [0.2, 0.25) is 5.82 Å². The predicted molar refractivity (Wildman–Crippen MR) is 111 cm³/mol. The second-order valence-electron chi connectivity index (χ2n) is 7.37. The Bertz CT molecular complexity index is 1010. The van der Waals surface area contributed by atoms with Crippen LogP contribution in [0.5, 0.6) is 0 Å². The minimum Gasteiger partial charge on any atom is -0.361 e. The molecule has 7 nitrogen and oxygen atoms in total. The van der Waals surface area contributed by atoms with Gasteiger partial charge in [-0.1, -0.05) is 12.1 Å². The Labute approximate surface area is 164 Å². The first kappa shape index (κ1) is 18.4. The molecule has 3 aromatic rings. The van der Waals surface area contributed by atoms with Gasteiger partial charge in [-0.3, -0.25) is 4.79 Å². The summed E-state index contributed by atoms with van der Waals surface area (Å²) in [6.45, 7) is 6.56. The minimum atomic E-state index is -0.252. The molecule has 3 N–H and O–H groups in total. The van der Waals surface area contributed by atoms with Crippen LogP contribution in [0, 0.1) is 13.8 Å². The van der Waals surface area contributed by atoms with Crippen molar-refractivity contribution in [3.05, 3.63) is 53.1 Å². The van der Waals surface area contributed by atoms with Crippen molar-refractivity contribution in [2.75, 3.05) is 25.0 Å². The van der Waals surface area contributed by atoms with E-state index in [2.05, 4.69) is 54.8 Å². The van der Waals surface area contributed by atoms with Crippen LogP contribution in [0.2, 0.25) is 0 Å². The standard InChI is InChI=1S/C21H26N6O/c1-13-14(2)25-19(21(28)22-3)26-20(13)27-9-7-17(12-27)24-11-15-4-5-16-6-8-23-18(16)10-15/h4-6,8,10,17,23-24H,7,9,11-12H2,1-3H3,(H,22,28)/t17-/m1/s1. The monoisotopic (exact) mass is 378 g/mol. The molecule has 2 aromatic heterocycles. The summed E-state index contributed by atoms with van der Waals surface area (Å²) in [6.07, 6.45) is 3.01. The third-order valence-corrected chi connectivity index (χ3v) is 5.50. The van der Waals surface area contributed by atoms with E-state index in [0.717, 1.165) is 43.1 Å². The molecule has 3 heterocycles. The molecule has 1 aliphatic heterocycles. The first-order valence-corrected chi connectivity index (χ1v) is 9.67. The minimum absolute atomic E-state index is 0.233. The summed E-state index contributed by atoms with van der Waals surface area (Å²) in [5, 5.41) is 7.50. The molecule has 1 saturated heterocycles. The van der Waals surface area contributed by atoms with E-state index in [0.29, 0.717) is 6.04 Å². The van der Waals surface area contributed by atoms with Crippen molar-refractivity contribution >= 4 is 22.6 Å². The van der Waals surface area contributed by atoms with Crippen LogP contribution in [0.1, 0.15) is 33.9 Å². The van der Waals surface area contributed by atoms with Crippen LogP contribution in [0.3, 0.4) is 0 Å². The number of benzene rings is 1. The zero-order valence-corrected chi connectivity index (χ0v) is 16.5. The van der Waals surface area contributed by atoms with Crippen LogP contribution in [0.15, 0.2) is 30.5 Å². The van der Waals surface area contributed by atoms with Gasteiger partial charge in [-0.25, -0.2) is 9.97 Å². The normalized spacial score (nSPS) is 16.7. The number of hydrogen-bond acceptors (Lipinski definition) is 5. The first-order valence-electron chi connectivity index (χ1n) is 9.67. The van der Waals surface area contributed by atoms with Gasteiger partial charge in [-0.2, -0.15) is 0 Å². The van der Waals surface area contributed by atoms with Gasteiger partial charge < -0.3 is 20.5 Å². The number of amides is 1. The largest absolute Gasteiger partial charge is 0.361 e. The lowest BCUT2D eigenvalue weighted by atomic mass is 10.1. The van der Waals surface area contributed by atoms with Crippen molar-refractivity contribution < 1.29 is 4.79 Å². The first-order chi connectivity index (χ1) is 13.5. The summed E-state index contributed by atoms with van der Waals surface area (Å²) in [6, 6.07) is 8.99. The molecule has 1 amide bonds. The number of aromatic amines is 1. The van der Waals surface area contributed by atoms with Crippen molar-refractivity contribution in [2.24, 2.45) is 0 Å². The van der Waals surface area contributed by atoms with E-state index in [9.17, 15) is 4.79 Å². The molecule has 1 atom stereocenters. The molecule has 28 heavy (non-hydrogen) atoms. The summed E-state index contributed by atoms with van der Waals surface area (Å²) < 4.78 is 0. The van der Waals surface area contributed by atoms with Gasteiger partial charge in [0.1, 0.15) is 5.82 Å². The molecule has 0 bridgehead atoms. The molecule has 0 radical (unpaired) electrons. The number of aromatic nitrogens is 3. The van der Waals surface area contributed by atoms with Crippen molar-refractivity contribution in [2.45, 2.75) is 32.9 Å². The number of aryl methyl sites for hydroxylation is 1. The average molecular weight is 378 g/mol. The Morgan fingerprint density at radius 3 is 2.96 bits per heavy atom. The van der Waals surface area contributed by atoms with Crippen molar-refractivity contribution in [3.8, 4) is 0 Å². The van der Waals surface area contributed by atoms with Crippen molar-refractivity contribution in [1.29, 1.82) is 0 Å². The van der Waals surface area contributed by atoms with Gasteiger partial charge in [0.25, 0.3) is 5.91 Å². The lowest BCUT2D eigenvalue weighted by Crippen LogP contribution is -2.33. The SMILES string of the molecule is CNC(=O)c1nc(C)c(C)c(N2CC[C@@H](NCc3ccc4cc[nH]c4c3)C2)n1. The number of nitrogens with one attached hydrogen (secondary N) is 3. The second-order valence-corrected chi connectivity index (χ2v) is 7.37. The zero-order valence-electron chi connectivity index (χ0n) is 16.5. The van der Waals surface area contributed by atoms with Crippen LogP contribution in [-0.2, 0) is 6.54 Å². The van der Waals surface area contributed by atoms with E-state index in [4.69, 9.17) is 0 Å². The lowest BCUT2D eigenvalue weighted by molar-refractivity contribution is 0.0952. The summed E-state index contributed by atoms with van der Waals surface area (Å²) in [5.74, 6) is 0.845. The maximum absolute atomic E-state index is 12.0. The fourth-order valence-corrected chi connectivity index (χ4v) is 3.72. The molecular weight excluding hydrogens is 352 g/mol. The molecule has 1 aromatic carbocycles. The highest BCUT2D eigenvalue weighted by Gasteiger charge is 2.26. The van der Waals surface area contributed by atoms with E-state index in [1.165, 1.54) is 16.5 Å². The highest BCUT2D eigenvalue weighted by Crippen LogP contribution is 2.24. The number of fused-ring (bicyclic) bond motifs is 1. The Morgan fingerprint density at radius 2 is 2.14 bits per heavy atom. The average Bonchev–Trinajstić information content (AvgIpc) is 3.36. The highest BCUT2D eigenvalue weighted by atomic mass is 16.2.